The van der Waals surface area contributed by atoms with Gasteiger partial charge in [0.25, 0.3) is 5.91 Å². The summed E-state index contributed by atoms with van der Waals surface area (Å²) in [6.45, 7) is 3.49. The van der Waals surface area contributed by atoms with E-state index >= 15 is 0 Å². The molecule has 0 aliphatic carbocycles. The summed E-state index contributed by atoms with van der Waals surface area (Å²) < 4.78 is 26.7. The molecule has 0 unspecified atom stereocenters. The van der Waals surface area contributed by atoms with Crippen LogP contribution in [0, 0.1) is 0 Å². The minimum atomic E-state index is -3.57. The monoisotopic (exact) mass is 358 g/mol. The maximum absolute atomic E-state index is 12.3. The van der Waals surface area contributed by atoms with Gasteiger partial charge in [0.2, 0.25) is 10.0 Å². The number of carbonyl (C=O) groups excluding carboxylic acids is 1. The largest absolute Gasteiger partial charge is 0.322 e. The molecule has 0 saturated heterocycles. The molecule has 0 atom stereocenters. The minimum Gasteiger partial charge on any atom is -0.322 e. The molecular weight excluding hydrogens is 340 g/mol. The highest BCUT2D eigenvalue weighted by Crippen LogP contribution is 2.18. The van der Waals surface area contributed by atoms with E-state index in [-0.39, 0.29) is 16.8 Å². The van der Waals surface area contributed by atoms with Crippen LogP contribution in [0.2, 0.25) is 0 Å². The van der Waals surface area contributed by atoms with Gasteiger partial charge in [0.15, 0.2) is 0 Å². The Kier molecular flexibility index (Phi) is 4.56. The fraction of sp³-hybridized carbons (Fsp3) is 0.176. The lowest BCUT2D eigenvalue weighted by atomic mass is 10.2. The number of anilines is 1. The Bertz CT molecular complexity index is 1010. The highest BCUT2D eigenvalue weighted by molar-refractivity contribution is 7.89. The van der Waals surface area contributed by atoms with Crippen LogP contribution in [0.3, 0.4) is 0 Å². The van der Waals surface area contributed by atoms with Crippen LogP contribution in [0.15, 0.2) is 53.6 Å². The van der Waals surface area contributed by atoms with E-state index in [2.05, 4.69) is 20.2 Å². The normalized spacial score (nSPS) is 11.8. The van der Waals surface area contributed by atoms with E-state index < -0.39 is 10.0 Å². The molecular formula is C17H18N4O3S. The zero-order valence-corrected chi connectivity index (χ0v) is 14.6. The lowest BCUT2D eigenvalue weighted by molar-refractivity contribution is 0.102. The Hall–Kier alpha value is -2.71. The molecule has 0 spiro atoms. The van der Waals surface area contributed by atoms with E-state index in [1.165, 1.54) is 24.3 Å². The number of rotatable bonds is 5. The molecule has 0 bridgehead atoms. The number of nitrogens with zero attached hydrogens (tertiary/aromatic N) is 1. The topological polar surface area (TPSA) is 104 Å². The predicted molar refractivity (Wildman–Crippen MR) is 95.9 cm³/mol. The molecule has 1 aromatic heterocycles. The molecule has 3 N–H and O–H groups in total. The van der Waals surface area contributed by atoms with Crippen LogP contribution in [0.25, 0.3) is 10.9 Å². The summed E-state index contributed by atoms with van der Waals surface area (Å²) in [7, 11) is -3.57. The van der Waals surface area contributed by atoms with Gasteiger partial charge in [0, 0.05) is 22.7 Å². The fourth-order valence-corrected chi connectivity index (χ4v) is 3.64. The van der Waals surface area contributed by atoms with E-state index in [0.717, 1.165) is 10.9 Å². The Balaban J connectivity index is 1.76. The van der Waals surface area contributed by atoms with Crippen LogP contribution in [-0.2, 0) is 10.0 Å². The second-order valence-electron chi connectivity index (χ2n) is 5.93. The Morgan fingerprint density at radius 3 is 2.52 bits per heavy atom. The van der Waals surface area contributed by atoms with Crippen molar-refractivity contribution in [3.8, 4) is 0 Å². The van der Waals surface area contributed by atoms with Crippen molar-refractivity contribution < 1.29 is 13.2 Å². The molecule has 8 heteroatoms. The molecule has 7 nitrogen and oxygen atoms in total. The van der Waals surface area contributed by atoms with E-state index in [1.807, 2.05) is 12.1 Å². The van der Waals surface area contributed by atoms with Gasteiger partial charge in [-0.1, -0.05) is 0 Å². The van der Waals surface area contributed by atoms with Gasteiger partial charge in [-0.25, -0.2) is 13.1 Å². The summed E-state index contributed by atoms with van der Waals surface area (Å²) in [5.74, 6) is -0.316. The second kappa shape index (κ2) is 6.66. The first-order valence-electron chi connectivity index (χ1n) is 7.72. The van der Waals surface area contributed by atoms with Gasteiger partial charge in [-0.05, 0) is 56.3 Å². The molecule has 3 rings (SSSR count). The number of fused-ring (bicyclic) bond motifs is 1. The molecule has 0 radical (unpaired) electrons. The Morgan fingerprint density at radius 2 is 1.84 bits per heavy atom. The van der Waals surface area contributed by atoms with Crippen molar-refractivity contribution in [2.45, 2.75) is 24.8 Å². The van der Waals surface area contributed by atoms with Gasteiger partial charge in [-0.2, -0.15) is 5.10 Å². The van der Waals surface area contributed by atoms with Crippen LogP contribution in [0.1, 0.15) is 24.2 Å². The van der Waals surface area contributed by atoms with Gasteiger partial charge < -0.3 is 5.32 Å². The number of aromatic amines is 1. The minimum absolute atomic E-state index is 0.123. The van der Waals surface area contributed by atoms with Crippen molar-refractivity contribution in [3.63, 3.8) is 0 Å². The van der Waals surface area contributed by atoms with Crippen molar-refractivity contribution in [1.82, 2.24) is 14.9 Å². The molecule has 0 aliphatic heterocycles. The van der Waals surface area contributed by atoms with Crippen molar-refractivity contribution in [1.29, 1.82) is 0 Å². The van der Waals surface area contributed by atoms with Gasteiger partial charge in [-0.3, -0.25) is 9.89 Å². The number of benzene rings is 2. The standard InChI is InChI=1S/C17H18N4O3S/c1-11(2)21-25(23,24)15-6-3-12(4-7-15)17(22)19-14-5-8-16-13(9-14)10-18-20-16/h3-11,21H,1-2H3,(H,18,20)(H,19,22). The van der Waals surface area contributed by atoms with Gasteiger partial charge >= 0.3 is 0 Å². The number of aromatic nitrogens is 2. The predicted octanol–water partition coefficient (Wildman–Crippen LogP) is 2.50. The van der Waals surface area contributed by atoms with E-state index in [4.69, 9.17) is 0 Å². The number of nitrogens with one attached hydrogen (secondary N) is 3. The van der Waals surface area contributed by atoms with Crippen molar-refractivity contribution in [3.05, 3.63) is 54.2 Å². The molecule has 3 aromatic rings. The lowest BCUT2D eigenvalue weighted by Gasteiger charge is -2.10. The third-order valence-corrected chi connectivity index (χ3v) is 5.19. The lowest BCUT2D eigenvalue weighted by Crippen LogP contribution is -2.30. The van der Waals surface area contributed by atoms with Crippen LogP contribution < -0.4 is 10.0 Å². The van der Waals surface area contributed by atoms with Crippen molar-refractivity contribution in [2.24, 2.45) is 0 Å². The first-order valence-corrected chi connectivity index (χ1v) is 9.20. The summed E-state index contributed by atoms with van der Waals surface area (Å²) >= 11 is 0. The molecule has 2 aromatic carbocycles. The number of amides is 1. The SMILES string of the molecule is CC(C)NS(=O)(=O)c1ccc(C(=O)Nc2ccc3[nH]ncc3c2)cc1. The second-order valence-corrected chi connectivity index (χ2v) is 7.64. The molecule has 1 heterocycles. The average molecular weight is 358 g/mol. The molecule has 25 heavy (non-hydrogen) atoms. The third kappa shape index (κ3) is 3.86. The summed E-state index contributed by atoms with van der Waals surface area (Å²) in [4.78, 5) is 12.5. The van der Waals surface area contributed by atoms with Gasteiger partial charge in [0.1, 0.15) is 0 Å². The fourth-order valence-electron chi connectivity index (χ4n) is 2.39. The van der Waals surface area contributed by atoms with E-state index in [0.29, 0.717) is 11.3 Å². The maximum atomic E-state index is 12.3. The quantitative estimate of drug-likeness (QED) is 0.652. The number of carbonyl (C=O) groups is 1. The first-order chi connectivity index (χ1) is 11.8. The summed E-state index contributed by atoms with van der Waals surface area (Å²) in [6, 6.07) is 11.0. The molecule has 0 fully saturated rings. The zero-order chi connectivity index (χ0) is 18.0. The first kappa shape index (κ1) is 17.1. The number of hydrogen-bond donors (Lipinski definition) is 3. The van der Waals surface area contributed by atoms with Crippen molar-refractivity contribution in [2.75, 3.05) is 5.32 Å². The zero-order valence-electron chi connectivity index (χ0n) is 13.8. The van der Waals surface area contributed by atoms with Crippen molar-refractivity contribution >= 4 is 32.5 Å². The number of hydrogen-bond acceptors (Lipinski definition) is 4. The van der Waals surface area contributed by atoms with Crippen LogP contribution in [0.4, 0.5) is 5.69 Å². The molecule has 1 amide bonds. The summed E-state index contributed by atoms with van der Waals surface area (Å²) in [5, 5.41) is 10.4. The average Bonchev–Trinajstić information content (AvgIpc) is 3.01. The molecule has 130 valence electrons. The molecule has 0 saturated carbocycles. The summed E-state index contributed by atoms with van der Waals surface area (Å²) in [5.41, 5.74) is 1.89. The van der Waals surface area contributed by atoms with Gasteiger partial charge in [-0.15, -0.1) is 0 Å². The Morgan fingerprint density at radius 1 is 1.12 bits per heavy atom. The number of H-pyrrole nitrogens is 1. The number of sulfonamides is 1. The van der Waals surface area contributed by atoms with Gasteiger partial charge in [0.05, 0.1) is 16.6 Å². The van der Waals surface area contributed by atoms with Crippen LogP contribution >= 0.6 is 0 Å². The van der Waals surface area contributed by atoms with E-state index in [1.54, 1.807) is 26.1 Å². The maximum Gasteiger partial charge on any atom is 0.255 e. The van der Waals surface area contributed by atoms with E-state index in [9.17, 15) is 13.2 Å². The summed E-state index contributed by atoms with van der Waals surface area (Å²) in [6.07, 6.45) is 1.67. The third-order valence-electron chi connectivity index (χ3n) is 3.52. The highest BCUT2D eigenvalue weighted by atomic mass is 32.2. The van der Waals surface area contributed by atoms with Crippen LogP contribution in [-0.4, -0.2) is 30.6 Å². The highest BCUT2D eigenvalue weighted by Gasteiger charge is 2.16. The Labute approximate surface area is 145 Å². The van der Waals surface area contributed by atoms with Crippen LogP contribution in [0.5, 0.6) is 0 Å². The smallest absolute Gasteiger partial charge is 0.255 e. The molecule has 0 aliphatic rings.